The number of thioether (sulfide) groups is 1. The number of anilines is 1. The van der Waals surface area contributed by atoms with Crippen molar-refractivity contribution in [3.63, 3.8) is 0 Å². The number of allylic oxidation sites excluding steroid dienone is 2. The van der Waals surface area contributed by atoms with Crippen LogP contribution in [-0.2, 0) is 0 Å². The number of hydrogen-bond acceptors (Lipinski definition) is 7. The van der Waals surface area contributed by atoms with Gasteiger partial charge in [-0.3, -0.25) is 0 Å². The standard InChI is InChI=1S/C24H25F3N6O2S/c1-13(28)23(36-3)14(2)31-22-9-21(19(27)10-29-22)35-18-11-32(12-18)24(34)33-20(4-5-30-33)15-6-16(25)8-17(26)7-15/h5-10,18,20,28H,4,11-12H2,1-3H3,(H,29,31)/b23-14+,28-13?/t20-/m0/s1. The zero-order chi connectivity index (χ0) is 26.0. The molecule has 1 aromatic heterocycles. The molecule has 1 aromatic carbocycles. The van der Waals surface area contributed by atoms with Crippen LogP contribution in [0.4, 0.5) is 23.8 Å². The van der Waals surface area contributed by atoms with Crippen molar-refractivity contribution in [3.8, 4) is 5.75 Å². The van der Waals surface area contributed by atoms with Crippen molar-refractivity contribution in [2.45, 2.75) is 32.4 Å². The van der Waals surface area contributed by atoms with Crippen molar-refractivity contribution in [3.05, 3.63) is 64.1 Å². The maximum atomic E-state index is 14.4. The summed E-state index contributed by atoms with van der Waals surface area (Å²) in [5.74, 6) is -1.74. The predicted octanol–water partition coefficient (Wildman–Crippen LogP) is 5.16. The predicted molar refractivity (Wildman–Crippen MR) is 133 cm³/mol. The largest absolute Gasteiger partial charge is 0.483 e. The van der Waals surface area contributed by atoms with Gasteiger partial charge in [0, 0.05) is 41.1 Å². The number of hydrazone groups is 1. The third-order valence-electron chi connectivity index (χ3n) is 5.73. The van der Waals surface area contributed by atoms with E-state index in [9.17, 15) is 18.0 Å². The lowest BCUT2D eigenvalue weighted by atomic mass is 10.0. The second-order valence-electron chi connectivity index (χ2n) is 8.43. The molecule has 4 rings (SSSR count). The molecule has 8 nitrogen and oxygen atoms in total. The molecule has 0 radical (unpaired) electrons. The summed E-state index contributed by atoms with van der Waals surface area (Å²) >= 11 is 1.42. The van der Waals surface area contributed by atoms with E-state index in [0.29, 0.717) is 29.2 Å². The van der Waals surface area contributed by atoms with Gasteiger partial charge >= 0.3 is 6.03 Å². The van der Waals surface area contributed by atoms with E-state index in [1.54, 1.807) is 13.8 Å². The lowest BCUT2D eigenvalue weighted by Crippen LogP contribution is -2.58. The minimum Gasteiger partial charge on any atom is -0.483 e. The van der Waals surface area contributed by atoms with Crippen LogP contribution in [-0.4, -0.2) is 58.3 Å². The molecule has 12 heteroatoms. The second kappa shape index (κ2) is 10.6. The van der Waals surface area contributed by atoms with Crippen LogP contribution in [0.1, 0.15) is 31.9 Å². The van der Waals surface area contributed by atoms with E-state index >= 15 is 0 Å². The van der Waals surface area contributed by atoms with Crippen LogP contribution >= 0.6 is 11.8 Å². The number of urea groups is 1. The molecular formula is C24H25F3N6O2S. The van der Waals surface area contributed by atoms with Crippen LogP contribution in [0, 0.1) is 22.9 Å². The molecule has 2 N–H and O–H groups in total. The molecule has 2 aliphatic rings. The molecule has 36 heavy (non-hydrogen) atoms. The zero-order valence-electron chi connectivity index (χ0n) is 19.9. The summed E-state index contributed by atoms with van der Waals surface area (Å²) < 4.78 is 47.4. The fourth-order valence-corrected chi connectivity index (χ4v) is 4.71. The molecule has 190 valence electrons. The van der Waals surface area contributed by atoms with Crippen LogP contribution in [0.15, 0.2) is 46.2 Å². The summed E-state index contributed by atoms with van der Waals surface area (Å²) in [5.41, 5.74) is 1.43. The van der Waals surface area contributed by atoms with Crippen molar-refractivity contribution >= 4 is 35.5 Å². The number of nitrogens with zero attached hydrogens (tertiary/aromatic N) is 4. The van der Waals surface area contributed by atoms with Crippen LogP contribution in [0.25, 0.3) is 0 Å². The molecule has 1 saturated heterocycles. The summed E-state index contributed by atoms with van der Waals surface area (Å²) in [4.78, 5) is 19.2. The summed E-state index contributed by atoms with van der Waals surface area (Å²) in [5, 5.41) is 16.2. The van der Waals surface area contributed by atoms with Crippen molar-refractivity contribution in [1.82, 2.24) is 14.9 Å². The van der Waals surface area contributed by atoms with Gasteiger partial charge in [-0.2, -0.15) is 5.10 Å². The first kappa shape index (κ1) is 25.5. The smallest absolute Gasteiger partial charge is 0.341 e. The fraction of sp³-hybridized carbons (Fsp3) is 0.333. The first-order chi connectivity index (χ1) is 17.2. The number of hydrogen-bond donors (Lipinski definition) is 2. The number of ether oxygens (including phenoxy) is 1. The van der Waals surface area contributed by atoms with Gasteiger partial charge in [0.1, 0.15) is 23.6 Å². The Morgan fingerprint density at radius 3 is 2.50 bits per heavy atom. The Balaban J connectivity index is 1.38. The minimum atomic E-state index is -0.724. The molecule has 2 aromatic rings. The Morgan fingerprint density at radius 2 is 1.86 bits per heavy atom. The Kier molecular flexibility index (Phi) is 7.53. The first-order valence-electron chi connectivity index (χ1n) is 11.1. The maximum Gasteiger partial charge on any atom is 0.341 e. The van der Waals surface area contributed by atoms with Crippen molar-refractivity contribution in [1.29, 1.82) is 5.41 Å². The van der Waals surface area contributed by atoms with E-state index in [2.05, 4.69) is 15.4 Å². The summed E-state index contributed by atoms with van der Waals surface area (Å²) in [7, 11) is 0. The highest BCUT2D eigenvalue weighted by molar-refractivity contribution is 8.03. The van der Waals surface area contributed by atoms with Crippen LogP contribution in [0.2, 0.25) is 0 Å². The van der Waals surface area contributed by atoms with E-state index in [0.717, 1.165) is 17.2 Å². The second-order valence-corrected chi connectivity index (χ2v) is 9.25. The summed E-state index contributed by atoms with van der Waals surface area (Å²) in [6.45, 7) is 3.88. The van der Waals surface area contributed by atoms with E-state index in [4.69, 9.17) is 10.1 Å². The Bertz CT molecular complexity index is 1230. The average Bonchev–Trinajstić information content (AvgIpc) is 3.27. The number of nitrogens with one attached hydrogen (secondary N) is 2. The monoisotopic (exact) mass is 518 g/mol. The van der Waals surface area contributed by atoms with Gasteiger partial charge in [0.2, 0.25) is 0 Å². The molecular weight excluding hydrogens is 493 g/mol. The van der Waals surface area contributed by atoms with Crippen molar-refractivity contribution < 1.29 is 22.7 Å². The van der Waals surface area contributed by atoms with Gasteiger partial charge < -0.3 is 20.4 Å². The highest BCUT2D eigenvalue weighted by Crippen LogP contribution is 2.32. The number of pyridine rings is 1. The Morgan fingerprint density at radius 1 is 1.17 bits per heavy atom. The average molecular weight is 519 g/mol. The van der Waals surface area contributed by atoms with E-state index in [1.165, 1.54) is 46.1 Å². The van der Waals surface area contributed by atoms with Gasteiger partial charge in [-0.1, -0.05) is 0 Å². The van der Waals surface area contributed by atoms with E-state index in [-0.39, 0.29) is 18.8 Å². The normalized spacial score (nSPS) is 18.1. The summed E-state index contributed by atoms with van der Waals surface area (Å²) in [6, 6.07) is 3.54. The third-order valence-corrected chi connectivity index (χ3v) is 6.75. The highest BCUT2D eigenvalue weighted by atomic mass is 32.2. The van der Waals surface area contributed by atoms with Gasteiger partial charge in [0.05, 0.1) is 25.3 Å². The van der Waals surface area contributed by atoms with Crippen molar-refractivity contribution in [2.24, 2.45) is 5.10 Å². The molecule has 0 unspecified atom stereocenters. The van der Waals surface area contributed by atoms with Gasteiger partial charge in [-0.25, -0.2) is 28.0 Å². The number of halogens is 3. The number of carbonyl (C=O) groups excluding carboxylic acids is 1. The number of carbonyl (C=O) groups is 1. The molecule has 1 fully saturated rings. The Labute approximate surface area is 210 Å². The quantitative estimate of drug-likeness (QED) is 0.494. The lowest BCUT2D eigenvalue weighted by molar-refractivity contribution is 0.0256. The minimum absolute atomic E-state index is 0.0121. The number of benzene rings is 1. The highest BCUT2D eigenvalue weighted by Gasteiger charge is 2.39. The number of rotatable bonds is 7. The van der Waals surface area contributed by atoms with Crippen LogP contribution in [0.3, 0.4) is 0 Å². The number of aromatic nitrogens is 1. The first-order valence-corrected chi connectivity index (χ1v) is 12.3. The van der Waals surface area contributed by atoms with Crippen LogP contribution < -0.4 is 10.1 Å². The molecule has 2 amide bonds. The number of amides is 2. The van der Waals surface area contributed by atoms with E-state index in [1.807, 2.05) is 6.26 Å². The van der Waals surface area contributed by atoms with Crippen molar-refractivity contribution in [2.75, 3.05) is 24.7 Å². The Hall–Kier alpha value is -3.54. The lowest BCUT2D eigenvalue weighted by Gasteiger charge is -2.41. The summed E-state index contributed by atoms with van der Waals surface area (Å²) in [6.07, 6.45) is 4.33. The SMILES string of the molecule is CS/C(C(C)=N)=C(\C)Nc1cc(OC2CN(C(=O)N3N=CC[C@H]3c3cc(F)cc(F)c3)C2)c(F)cn1. The molecule has 0 bridgehead atoms. The van der Waals surface area contributed by atoms with Crippen LogP contribution in [0.5, 0.6) is 5.75 Å². The molecule has 2 aliphatic heterocycles. The van der Waals surface area contributed by atoms with Gasteiger partial charge in [0.25, 0.3) is 0 Å². The topological polar surface area (TPSA) is 93.9 Å². The van der Waals surface area contributed by atoms with Gasteiger partial charge in [-0.05, 0) is 37.8 Å². The van der Waals surface area contributed by atoms with Gasteiger partial charge in [-0.15, -0.1) is 11.8 Å². The molecule has 0 aliphatic carbocycles. The fourth-order valence-electron chi connectivity index (χ4n) is 4.05. The molecule has 0 saturated carbocycles. The zero-order valence-corrected chi connectivity index (χ0v) is 20.7. The molecule has 0 spiro atoms. The maximum absolute atomic E-state index is 14.4. The van der Waals surface area contributed by atoms with E-state index < -0.39 is 35.6 Å². The third kappa shape index (κ3) is 5.48. The number of likely N-dealkylation sites (tertiary alicyclic amines) is 1. The molecule has 1 atom stereocenters. The van der Waals surface area contributed by atoms with Gasteiger partial charge in [0.15, 0.2) is 11.6 Å². The molecule has 3 heterocycles.